The molecule has 0 aliphatic carbocycles. The van der Waals surface area contributed by atoms with Gasteiger partial charge in [-0.3, -0.25) is 4.84 Å². The number of rotatable bonds is 10. The molecule has 2 fully saturated rings. The van der Waals surface area contributed by atoms with Crippen molar-refractivity contribution in [3.63, 3.8) is 0 Å². The van der Waals surface area contributed by atoms with Gasteiger partial charge in [0, 0.05) is 6.04 Å². The maximum absolute atomic E-state index is 9.82. The van der Waals surface area contributed by atoms with Crippen LogP contribution in [0.2, 0.25) is 0 Å². The molecule has 20 heavy (non-hydrogen) atoms. The van der Waals surface area contributed by atoms with Gasteiger partial charge in [-0.1, -0.05) is 51.9 Å². The third-order valence-electron chi connectivity index (χ3n) is 4.77. The highest BCUT2D eigenvalue weighted by molar-refractivity contribution is 4.94. The fraction of sp³-hybridized carbons (Fsp3) is 1.00. The average molecular weight is 285 g/mol. The average Bonchev–Trinajstić information content (AvgIpc) is 3.05. The molecule has 5 atom stereocenters. The molecule has 2 saturated heterocycles. The van der Waals surface area contributed by atoms with E-state index >= 15 is 0 Å². The maximum atomic E-state index is 9.82. The molecular formula is C16H31NO3. The van der Waals surface area contributed by atoms with Crippen molar-refractivity contribution < 1.29 is 15.1 Å². The Morgan fingerprint density at radius 3 is 2.45 bits per heavy atom. The molecule has 1 unspecified atom stereocenters. The van der Waals surface area contributed by atoms with E-state index in [1.165, 1.54) is 51.4 Å². The standard InChI is InChI=1S/C16H31NO3/c1-2-3-4-5-6-7-8-9-13-10-14-11-15(16(19)12-18)17(13)20-14/h13-16,18-19H,2-12H2,1H3/t13-,14+,15-,16+/m0/s1. The third-order valence-corrected chi connectivity index (χ3v) is 4.77. The number of nitrogens with zero attached hydrogens (tertiary/aromatic N) is 1. The highest BCUT2D eigenvalue weighted by atomic mass is 16.7. The van der Waals surface area contributed by atoms with Crippen LogP contribution in [0, 0.1) is 0 Å². The van der Waals surface area contributed by atoms with Gasteiger partial charge in [-0.2, -0.15) is 5.06 Å². The van der Waals surface area contributed by atoms with Crippen molar-refractivity contribution in [1.29, 1.82) is 0 Å². The second-order valence-corrected chi connectivity index (χ2v) is 6.44. The zero-order chi connectivity index (χ0) is 14.4. The molecule has 0 aromatic carbocycles. The minimum absolute atomic E-state index is 0.00769. The van der Waals surface area contributed by atoms with Crippen molar-refractivity contribution in [3.8, 4) is 0 Å². The van der Waals surface area contributed by atoms with Gasteiger partial charge in [0.1, 0.15) is 0 Å². The lowest BCUT2D eigenvalue weighted by Gasteiger charge is -2.31. The van der Waals surface area contributed by atoms with Crippen LogP contribution in [-0.4, -0.2) is 46.2 Å². The van der Waals surface area contributed by atoms with Crippen LogP contribution >= 0.6 is 0 Å². The van der Waals surface area contributed by atoms with Gasteiger partial charge >= 0.3 is 0 Å². The number of fused-ring (bicyclic) bond motifs is 2. The Labute approximate surface area is 123 Å². The summed E-state index contributed by atoms with van der Waals surface area (Å²) in [6, 6.07) is 0.462. The number of hydrogen-bond donors (Lipinski definition) is 2. The van der Waals surface area contributed by atoms with Crippen LogP contribution in [0.5, 0.6) is 0 Å². The summed E-state index contributed by atoms with van der Waals surface area (Å²) in [5.41, 5.74) is 0. The fourth-order valence-electron chi connectivity index (χ4n) is 3.60. The van der Waals surface area contributed by atoms with Crippen LogP contribution < -0.4 is 0 Å². The largest absolute Gasteiger partial charge is 0.394 e. The second kappa shape index (κ2) is 8.32. The minimum atomic E-state index is -0.656. The van der Waals surface area contributed by atoms with E-state index in [1.807, 2.05) is 5.06 Å². The van der Waals surface area contributed by atoms with Crippen LogP contribution in [0.1, 0.15) is 71.1 Å². The van der Waals surface area contributed by atoms with E-state index in [0.29, 0.717) is 6.04 Å². The number of hydroxylamine groups is 2. The summed E-state index contributed by atoms with van der Waals surface area (Å²) < 4.78 is 0. The van der Waals surface area contributed by atoms with E-state index in [4.69, 9.17) is 9.94 Å². The summed E-state index contributed by atoms with van der Waals surface area (Å²) in [4.78, 5) is 5.79. The lowest BCUT2D eigenvalue weighted by Crippen LogP contribution is -2.46. The second-order valence-electron chi connectivity index (χ2n) is 6.44. The highest BCUT2D eigenvalue weighted by Gasteiger charge is 2.47. The van der Waals surface area contributed by atoms with Crippen molar-refractivity contribution in [1.82, 2.24) is 5.06 Å². The Kier molecular flexibility index (Phi) is 6.75. The van der Waals surface area contributed by atoms with E-state index < -0.39 is 6.10 Å². The monoisotopic (exact) mass is 285 g/mol. The SMILES string of the molecule is CCCCCCCCC[C@H]1C[C@@H]2C[C@@H]([C@H](O)CO)N1O2. The molecule has 0 aromatic rings. The first-order valence-electron chi connectivity index (χ1n) is 8.50. The summed E-state index contributed by atoms with van der Waals surface area (Å²) in [5, 5.41) is 20.9. The zero-order valence-electron chi connectivity index (χ0n) is 12.8. The molecule has 0 spiro atoms. The molecule has 2 heterocycles. The molecule has 4 heteroatoms. The van der Waals surface area contributed by atoms with Crippen molar-refractivity contribution in [2.45, 2.75) is 95.4 Å². The van der Waals surface area contributed by atoms with Gasteiger partial charge in [0.25, 0.3) is 0 Å². The van der Waals surface area contributed by atoms with Crippen molar-refractivity contribution in [3.05, 3.63) is 0 Å². The third kappa shape index (κ3) is 4.17. The van der Waals surface area contributed by atoms with Crippen LogP contribution in [0.3, 0.4) is 0 Å². The predicted octanol–water partition coefficient (Wildman–Crippen LogP) is 2.63. The molecule has 2 bridgehead atoms. The lowest BCUT2D eigenvalue weighted by molar-refractivity contribution is -0.157. The quantitative estimate of drug-likeness (QED) is 0.606. The summed E-state index contributed by atoms with van der Waals surface area (Å²) >= 11 is 0. The van der Waals surface area contributed by atoms with E-state index in [2.05, 4.69) is 6.92 Å². The van der Waals surface area contributed by atoms with Crippen molar-refractivity contribution >= 4 is 0 Å². The molecule has 0 radical (unpaired) electrons. The van der Waals surface area contributed by atoms with Crippen LogP contribution in [0.15, 0.2) is 0 Å². The maximum Gasteiger partial charge on any atom is 0.0950 e. The predicted molar refractivity (Wildman–Crippen MR) is 79.2 cm³/mol. The van der Waals surface area contributed by atoms with Crippen LogP contribution in [0.25, 0.3) is 0 Å². The topological polar surface area (TPSA) is 52.9 Å². The summed E-state index contributed by atoms with van der Waals surface area (Å²) in [5.74, 6) is 0. The molecule has 0 saturated carbocycles. The number of hydrogen-bond acceptors (Lipinski definition) is 4. The van der Waals surface area contributed by atoms with Gasteiger partial charge < -0.3 is 10.2 Å². The van der Waals surface area contributed by atoms with Gasteiger partial charge in [0.2, 0.25) is 0 Å². The highest BCUT2D eigenvalue weighted by Crippen LogP contribution is 2.38. The van der Waals surface area contributed by atoms with Gasteiger partial charge in [0.15, 0.2) is 0 Å². The smallest absolute Gasteiger partial charge is 0.0950 e. The minimum Gasteiger partial charge on any atom is -0.394 e. The zero-order valence-corrected chi connectivity index (χ0v) is 12.8. The van der Waals surface area contributed by atoms with E-state index in [1.54, 1.807) is 0 Å². The first-order valence-corrected chi connectivity index (χ1v) is 8.50. The Hall–Kier alpha value is -0.160. The van der Waals surface area contributed by atoms with Gasteiger partial charge in [-0.05, 0) is 19.3 Å². The molecule has 2 N–H and O–H groups in total. The molecule has 0 aromatic heterocycles. The lowest BCUT2D eigenvalue weighted by atomic mass is 9.92. The molecular weight excluding hydrogens is 254 g/mol. The summed E-state index contributed by atoms with van der Waals surface area (Å²) in [6.07, 6.45) is 12.1. The first kappa shape index (κ1) is 16.2. The summed E-state index contributed by atoms with van der Waals surface area (Å²) in [6.45, 7) is 2.09. The van der Waals surface area contributed by atoms with E-state index in [0.717, 1.165) is 12.8 Å². The Morgan fingerprint density at radius 1 is 1.10 bits per heavy atom. The van der Waals surface area contributed by atoms with E-state index in [9.17, 15) is 5.11 Å². The Bertz CT molecular complexity index is 274. The number of aliphatic hydroxyl groups is 2. The molecule has 2 aliphatic heterocycles. The van der Waals surface area contributed by atoms with Crippen molar-refractivity contribution in [2.75, 3.05) is 6.61 Å². The molecule has 4 nitrogen and oxygen atoms in total. The normalized spacial score (nSPS) is 33.8. The molecule has 2 rings (SSSR count). The fourth-order valence-corrected chi connectivity index (χ4v) is 3.60. The first-order chi connectivity index (χ1) is 9.76. The van der Waals surface area contributed by atoms with E-state index in [-0.39, 0.29) is 18.8 Å². The van der Waals surface area contributed by atoms with Crippen LogP contribution in [0.4, 0.5) is 0 Å². The van der Waals surface area contributed by atoms with Gasteiger partial charge in [0.05, 0.1) is 24.9 Å². The molecule has 2 aliphatic rings. The Morgan fingerprint density at radius 2 is 1.80 bits per heavy atom. The van der Waals surface area contributed by atoms with Crippen molar-refractivity contribution in [2.24, 2.45) is 0 Å². The Balaban J connectivity index is 1.60. The molecule has 0 amide bonds. The van der Waals surface area contributed by atoms with Gasteiger partial charge in [-0.25, -0.2) is 0 Å². The number of aliphatic hydroxyl groups excluding tert-OH is 2. The summed E-state index contributed by atoms with van der Waals surface area (Å²) in [7, 11) is 0. The van der Waals surface area contributed by atoms with Gasteiger partial charge in [-0.15, -0.1) is 0 Å². The van der Waals surface area contributed by atoms with Crippen LogP contribution in [-0.2, 0) is 4.84 Å². The molecule has 118 valence electrons. The number of piperidine rings is 1. The number of unbranched alkanes of at least 4 members (excludes halogenated alkanes) is 6.